The third-order valence-corrected chi connectivity index (χ3v) is 17.0. The number of cyclic esters (lactones) is 1. The number of hydrogen-bond donors (Lipinski definition) is 6. The van der Waals surface area contributed by atoms with E-state index in [1.807, 2.05) is 26.8 Å². The Morgan fingerprint density at radius 3 is 2.25 bits per heavy atom. The highest BCUT2D eigenvalue weighted by molar-refractivity contribution is 7.80. The predicted molar refractivity (Wildman–Crippen MR) is 213 cm³/mol. The minimum Gasteiger partial charge on any atom is -0.460 e. The number of hydrogen-bond acceptors (Lipinski definition) is 16. The standard InChI is InChI=1S/C43H68O17S/c1-21-30(46)32(48)33(49)35(55-21)57-34-31(47)25(60-61(51,52)53)20-54-36(34)56-29-14-17-40(7)24-19-28(45)43-27(13-18-41(43,8)23(24)11-12-26(40)39(29,5)6)42(9,59-37(43)50)16-10-15-38(3,4)58-22(2)44/h19,21,23,25-36,45-49H,10-18,20H2,1-9H3,(H,51,52,53)/t21-,23?,25-,26?,27?,28+,29+,30-,31+,32+,33-,34-,35+,36?,40-,41+,42+,43?/m1/s1. The number of allylic oxidation sites excluding steroid dienone is 1. The molecule has 7 aliphatic rings. The van der Waals surface area contributed by atoms with Gasteiger partial charge in [-0.05, 0) is 114 Å². The van der Waals surface area contributed by atoms with Gasteiger partial charge >= 0.3 is 22.3 Å². The van der Waals surface area contributed by atoms with Crippen molar-refractivity contribution in [2.75, 3.05) is 6.61 Å². The number of aliphatic hydroxyl groups is 5. The van der Waals surface area contributed by atoms with Gasteiger partial charge in [0.1, 0.15) is 53.2 Å². The zero-order chi connectivity index (χ0) is 45.0. The SMILES string of the molecule is CC(=O)OC(C)(C)CCC[C@]1(C)OC(=O)C23C1CC[C@@]2(C)C1CCC2C(C)(C)[C@@H](OC4OC[C@@H](OS(=O)(=O)O)[C@H](O)[C@H]4O[C@@H]4O[C@H](C)[C@@H](O)[C@H](O)[C@H]4O)CC[C@]2(C)C1=C[C@@H]3O. The monoisotopic (exact) mass is 888 g/mol. The summed E-state index contributed by atoms with van der Waals surface area (Å²) in [5.74, 6) is -0.848. The summed E-state index contributed by atoms with van der Waals surface area (Å²) in [7, 11) is -5.03. The van der Waals surface area contributed by atoms with Crippen LogP contribution in [0.2, 0.25) is 0 Å². The first kappa shape index (κ1) is 47.2. The molecule has 0 aromatic rings. The Morgan fingerprint density at radius 2 is 1.59 bits per heavy atom. The van der Waals surface area contributed by atoms with Crippen LogP contribution in [0, 0.1) is 39.4 Å². The maximum atomic E-state index is 14.4. The lowest BCUT2D eigenvalue weighted by Gasteiger charge is -2.64. The van der Waals surface area contributed by atoms with Gasteiger partial charge in [-0.1, -0.05) is 39.3 Å². The van der Waals surface area contributed by atoms with Gasteiger partial charge in [0.2, 0.25) is 0 Å². The number of fused-ring (bicyclic) bond motifs is 4. The largest absolute Gasteiger partial charge is 0.460 e. The quantitative estimate of drug-likeness (QED) is 0.0755. The van der Waals surface area contributed by atoms with Crippen molar-refractivity contribution in [2.45, 2.75) is 199 Å². The Balaban J connectivity index is 1.12. The van der Waals surface area contributed by atoms with Crippen molar-refractivity contribution in [3.63, 3.8) is 0 Å². The van der Waals surface area contributed by atoms with E-state index in [1.54, 1.807) is 0 Å². The molecule has 3 saturated carbocycles. The van der Waals surface area contributed by atoms with Gasteiger partial charge in [-0.15, -0.1) is 0 Å². The fraction of sp³-hybridized carbons (Fsp3) is 0.907. The molecule has 0 aromatic heterocycles. The smallest absolute Gasteiger partial charge is 0.397 e. The first-order valence-corrected chi connectivity index (χ1v) is 23.3. The number of esters is 2. The van der Waals surface area contributed by atoms with Crippen molar-refractivity contribution in [1.82, 2.24) is 0 Å². The van der Waals surface area contributed by atoms with Gasteiger partial charge in [-0.2, -0.15) is 8.42 Å². The fourth-order valence-corrected chi connectivity index (χ4v) is 14.1. The summed E-state index contributed by atoms with van der Waals surface area (Å²) in [6.45, 7) is 16.7. The van der Waals surface area contributed by atoms with E-state index in [2.05, 4.69) is 27.7 Å². The van der Waals surface area contributed by atoms with Crippen molar-refractivity contribution in [2.24, 2.45) is 39.4 Å². The van der Waals surface area contributed by atoms with Crippen LogP contribution in [-0.2, 0) is 52.6 Å². The number of ether oxygens (including phenoxy) is 6. The molecule has 0 bridgehead atoms. The predicted octanol–water partition coefficient (Wildman–Crippen LogP) is 2.87. The summed E-state index contributed by atoms with van der Waals surface area (Å²) in [6, 6.07) is 0. The van der Waals surface area contributed by atoms with Crippen LogP contribution in [0.5, 0.6) is 0 Å². The molecular formula is C43H68O17S. The third-order valence-electron chi connectivity index (χ3n) is 16.5. The second-order valence-electron chi connectivity index (χ2n) is 21.0. The van der Waals surface area contributed by atoms with Gasteiger partial charge in [-0.25, -0.2) is 4.18 Å². The van der Waals surface area contributed by atoms with E-state index in [4.69, 9.17) is 32.6 Å². The first-order chi connectivity index (χ1) is 28.1. The molecule has 0 radical (unpaired) electrons. The number of aliphatic hydroxyl groups excluding tert-OH is 5. The van der Waals surface area contributed by atoms with Crippen molar-refractivity contribution in [1.29, 1.82) is 0 Å². The van der Waals surface area contributed by atoms with Crippen LogP contribution in [0.4, 0.5) is 0 Å². The molecule has 5 unspecified atom stereocenters. The lowest BCUT2D eigenvalue weighted by molar-refractivity contribution is -0.362. The van der Waals surface area contributed by atoms with Crippen molar-refractivity contribution in [3.05, 3.63) is 11.6 Å². The second-order valence-corrected chi connectivity index (χ2v) is 22.0. The van der Waals surface area contributed by atoms with Crippen LogP contribution in [-0.4, -0.2) is 136 Å². The molecule has 0 aromatic carbocycles. The molecule has 18 atom stereocenters. The molecular weight excluding hydrogens is 821 g/mol. The van der Waals surface area contributed by atoms with E-state index in [1.165, 1.54) is 13.8 Å². The topological polar surface area (TPSA) is 254 Å². The highest BCUT2D eigenvalue weighted by Crippen LogP contribution is 2.76. The first-order valence-electron chi connectivity index (χ1n) is 21.9. The van der Waals surface area contributed by atoms with Crippen molar-refractivity contribution >= 4 is 22.3 Å². The number of rotatable bonds is 11. The zero-order valence-electron chi connectivity index (χ0n) is 36.8. The molecule has 7 rings (SSSR count). The number of carbonyl (C=O) groups excluding carboxylic acids is 2. The summed E-state index contributed by atoms with van der Waals surface area (Å²) in [6.07, 6.45) is -7.29. The second kappa shape index (κ2) is 16.0. The Bertz CT molecular complexity index is 1840. The van der Waals surface area contributed by atoms with Crippen LogP contribution in [0.3, 0.4) is 0 Å². The Morgan fingerprint density at radius 1 is 0.902 bits per heavy atom. The van der Waals surface area contributed by atoms with E-state index in [-0.39, 0.29) is 29.7 Å². The molecule has 4 aliphatic carbocycles. The van der Waals surface area contributed by atoms with Gasteiger partial charge in [0.25, 0.3) is 0 Å². The average Bonchev–Trinajstić information content (AvgIpc) is 3.60. The van der Waals surface area contributed by atoms with Crippen LogP contribution in [0.15, 0.2) is 11.6 Å². The van der Waals surface area contributed by atoms with Gasteiger partial charge in [-0.3, -0.25) is 14.1 Å². The molecule has 1 spiro atoms. The molecule has 61 heavy (non-hydrogen) atoms. The molecule has 3 aliphatic heterocycles. The molecule has 348 valence electrons. The summed E-state index contributed by atoms with van der Waals surface area (Å²) >= 11 is 0. The van der Waals surface area contributed by atoms with Crippen molar-refractivity contribution < 1.29 is 80.7 Å². The average molecular weight is 889 g/mol. The van der Waals surface area contributed by atoms with Crippen LogP contribution < -0.4 is 0 Å². The van der Waals surface area contributed by atoms with Crippen LogP contribution >= 0.6 is 0 Å². The maximum Gasteiger partial charge on any atom is 0.397 e. The summed E-state index contributed by atoms with van der Waals surface area (Å²) < 4.78 is 73.6. The molecule has 6 N–H and O–H groups in total. The van der Waals surface area contributed by atoms with Gasteiger partial charge < -0.3 is 54.0 Å². The lowest BCUT2D eigenvalue weighted by Crippen LogP contribution is -2.64. The minimum absolute atomic E-state index is 0.0146. The summed E-state index contributed by atoms with van der Waals surface area (Å²) in [4.78, 5) is 26.1. The lowest BCUT2D eigenvalue weighted by atomic mass is 9.40. The van der Waals surface area contributed by atoms with Gasteiger partial charge in [0.15, 0.2) is 12.6 Å². The maximum absolute atomic E-state index is 14.4. The summed E-state index contributed by atoms with van der Waals surface area (Å²) in [5.41, 5.74) is -2.92. The molecule has 3 saturated heterocycles. The van der Waals surface area contributed by atoms with E-state index in [9.17, 15) is 48.1 Å². The third kappa shape index (κ3) is 7.73. The highest BCUT2D eigenvalue weighted by atomic mass is 32.3. The van der Waals surface area contributed by atoms with Crippen LogP contribution in [0.1, 0.15) is 120 Å². The van der Waals surface area contributed by atoms with E-state index in [0.29, 0.717) is 32.1 Å². The van der Waals surface area contributed by atoms with E-state index in [0.717, 1.165) is 31.3 Å². The minimum atomic E-state index is -5.03. The van der Waals surface area contributed by atoms with Crippen LogP contribution in [0.25, 0.3) is 0 Å². The highest BCUT2D eigenvalue weighted by Gasteiger charge is 2.79. The van der Waals surface area contributed by atoms with E-state index < -0.39 is 117 Å². The van der Waals surface area contributed by atoms with Gasteiger partial charge in [0, 0.05) is 12.8 Å². The normalized spacial score (nSPS) is 48.2. The molecule has 18 heteroatoms. The molecule has 6 fully saturated rings. The Labute approximate surface area is 358 Å². The zero-order valence-corrected chi connectivity index (χ0v) is 37.6. The summed E-state index contributed by atoms with van der Waals surface area (Å²) in [5, 5.41) is 55.3. The molecule has 17 nitrogen and oxygen atoms in total. The van der Waals surface area contributed by atoms with Crippen molar-refractivity contribution in [3.8, 4) is 0 Å². The Hall–Kier alpha value is -1.81. The van der Waals surface area contributed by atoms with E-state index >= 15 is 0 Å². The van der Waals surface area contributed by atoms with Gasteiger partial charge in [0.05, 0.1) is 24.9 Å². The Kier molecular flexibility index (Phi) is 12.3. The molecule has 3 heterocycles. The number of carbonyl (C=O) groups is 2. The fourth-order valence-electron chi connectivity index (χ4n) is 13.6. The molecule has 0 amide bonds.